The van der Waals surface area contributed by atoms with Crippen molar-refractivity contribution >= 4 is 28.1 Å². The van der Waals surface area contributed by atoms with E-state index < -0.39 is 0 Å². The number of rotatable bonds is 2. The number of nitrogens with one attached hydrogen (secondary N) is 1. The maximum atomic E-state index is 6.28. The molecule has 1 aliphatic carbocycles. The van der Waals surface area contributed by atoms with Crippen molar-refractivity contribution in [2.75, 3.05) is 5.32 Å². The fraction of sp³-hybridized carbons (Fsp3) is 0.400. The molecule has 4 heteroatoms. The topological polar surface area (TPSA) is 50.9 Å². The van der Waals surface area contributed by atoms with Crippen LogP contribution in [0.2, 0.25) is 5.02 Å². The van der Waals surface area contributed by atoms with Gasteiger partial charge in [-0.25, -0.2) is 0 Å². The number of halogens is 1. The summed E-state index contributed by atoms with van der Waals surface area (Å²) in [7, 11) is 0. The number of fused-ring (bicyclic) bond motifs is 1. The summed E-state index contributed by atoms with van der Waals surface area (Å²) in [5.41, 5.74) is 7.05. The van der Waals surface area contributed by atoms with Gasteiger partial charge in [0.25, 0.3) is 0 Å². The normalized spacial score (nSPS) is 23.5. The van der Waals surface area contributed by atoms with Crippen LogP contribution in [0.15, 0.2) is 30.6 Å². The van der Waals surface area contributed by atoms with Crippen LogP contribution in [-0.2, 0) is 0 Å². The Morgan fingerprint density at radius 2 is 1.95 bits per heavy atom. The highest BCUT2D eigenvalue weighted by Crippen LogP contribution is 2.31. The second-order valence-corrected chi connectivity index (χ2v) is 5.69. The Balaban J connectivity index is 1.88. The van der Waals surface area contributed by atoms with E-state index in [1.54, 1.807) is 6.20 Å². The number of nitrogens with zero attached hydrogens (tertiary/aromatic N) is 1. The number of anilines is 1. The first-order valence-electron chi connectivity index (χ1n) is 6.78. The van der Waals surface area contributed by atoms with E-state index >= 15 is 0 Å². The van der Waals surface area contributed by atoms with Crippen LogP contribution in [0.25, 0.3) is 10.8 Å². The Morgan fingerprint density at radius 3 is 2.74 bits per heavy atom. The summed E-state index contributed by atoms with van der Waals surface area (Å²) < 4.78 is 0. The molecule has 3 N–H and O–H groups in total. The molecule has 3 rings (SSSR count). The monoisotopic (exact) mass is 275 g/mol. The quantitative estimate of drug-likeness (QED) is 0.881. The molecule has 1 fully saturated rings. The van der Waals surface area contributed by atoms with Crippen LogP contribution in [0.1, 0.15) is 25.7 Å². The fourth-order valence-corrected chi connectivity index (χ4v) is 3.06. The molecule has 0 atom stereocenters. The highest BCUT2D eigenvalue weighted by molar-refractivity contribution is 6.36. The van der Waals surface area contributed by atoms with Gasteiger partial charge in [0.1, 0.15) is 0 Å². The average Bonchev–Trinajstić information content (AvgIpc) is 2.42. The zero-order valence-corrected chi connectivity index (χ0v) is 11.5. The van der Waals surface area contributed by atoms with Crippen LogP contribution in [0.4, 0.5) is 5.69 Å². The molecule has 0 spiro atoms. The van der Waals surface area contributed by atoms with Gasteiger partial charge in [0, 0.05) is 40.9 Å². The van der Waals surface area contributed by atoms with Gasteiger partial charge in [-0.3, -0.25) is 4.98 Å². The van der Waals surface area contributed by atoms with Crippen LogP contribution >= 0.6 is 11.6 Å². The van der Waals surface area contributed by atoms with E-state index in [0.717, 1.165) is 42.1 Å². The predicted octanol–water partition coefficient (Wildman–Crippen LogP) is 3.57. The Hall–Kier alpha value is -1.32. The summed E-state index contributed by atoms with van der Waals surface area (Å²) in [6.07, 6.45) is 7.99. The Kier molecular flexibility index (Phi) is 3.58. The van der Waals surface area contributed by atoms with E-state index in [-0.39, 0.29) is 0 Å². The largest absolute Gasteiger partial charge is 0.382 e. The van der Waals surface area contributed by atoms with Crippen molar-refractivity contribution in [1.82, 2.24) is 4.98 Å². The summed E-state index contributed by atoms with van der Waals surface area (Å²) in [5, 5.41) is 6.46. The zero-order valence-electron chi connectivity index (χ0n) is 10.8. The maximum absolute atomic E-state index is 6.28. The van der Waals surface area contributed by atoms with Gasteiger partial charge in [-0.2, -0.15) is 0 Å². The average molecular weight is 276 g/mol. The lowest BCUT2D eigenvalue weighted by Gasteiger charge is -2.28. The summed E-state index contributed by atoms with van der Waals surface area (Å²) in [5.74, 6) is 0. The number of hydrogen-bond acceptors (Lipinski definition) is 3. The van der Waals surface area contributed by atoms with Crippen LogP contribution < -0.4 is 11.1 Å². The molecule has 1 aromatic heterocycles. The number of hydrogen-bond donors (Lipinski definition) is 2. The van der Waals surface area contributed by atoms with E-state index in [1.165, 1.54) is 0 Å². The SMILES string of the molecule is NC1CCC(Nc2cccc3cncc(Cl)c23)CC1. The minimum absolute atomic E-state index is 0.373. The first kappa shape index (κ1) is 12.7. The zero-order chi connectivity index (χ0) is 13.2. The molecule has 19 heavy (non-hydrogen) atoms. The number of aromatic nitrogens is 1. The van der Waals surface area contributed by atoms with E-state index in [1.807, 2.05) is 18.3 Å². The third-order valence-electron chi connectivity index (χ3n) is 3.87. The number of nitrogens with two attached hydrogens (primary N) is 1. The molecule has 1 aliphatic rings. The fourth-order valence-electron chi connectivity index (χ4n) is 2.80. The molecular formula is C15H18ClN3. The molecule has 0 unspecified atom stereocenters. The third kappa shape index (κ3) is 2.67. The van der Waals surface area contributed by atoms with Gasteiger partial charge in [-0.1, -0.05) is 23.7 Å². The van der Waals surface area contributed by atoms with Crippen molar-refractivity contribution in [2.24, 2.45) is 5.73 Å². The second kappa shape index (κ2) is 5.35. The molecule has 0 bridgehead atoms. The molecule has 1 saturated carbocycles. The van der Waals surface area contributed by atoms with Crippen molar-refractivity contribution in [1.29, 1.82) is 0 Å². The Labute approximate surface area is 118 Å². The van der Waals surface area contributed by atoms with Crippen LogP contribution in [-0.4, -0.2) is 17.1 Å². The van der Waals surface area contributed by atoms with Crippen LogP contribution in [0.3, 0.4) is 0 Å². The van der Waals surface area contributed by atoms with E-state index in [0.29, 0.717) is 17.1 Å². The number of benzene rings is 1. The van der Waals surface area contributed by atoms with Gasteiger partial charge < -0.3 is 11.1 Å². The van der Waals surface area contributed by atoms with Gasteiger partial charge in [-0.05, 0) is 31.7 Å². The molecule has 0 amide bonds. The minimum atomic E-state index is 0.373. The molecule has 2 aromatic rings. The van der Waals surface area contributed by atoms with Gasteiger partial charge in [-0.15, -0.1) is 0 Å². The van der Waals surface area contributed by atoms with Gasteiger partial charge in [0.2, 0.25) is 0 Å². The summed E-state index contributed by atoms with van der Waals surface area (Å²) in [4.78, 5) is 4.13. The maximum Gasteiger partial charge on any atom is 0.0688 e. The summed E-state index contributed by atoms with van der Waals surface area (Å²) >= 11 is 6.28. The molecule has 0 radical (unpaired) electrons. The standard InChI is InChI=1S/C15H18ClN3/c16-13-9-18-8-10-2-1-3-14(15(10)13)19-12-6-4-11(17)5-7-12/h1-3,8-9,11-12,19H,4-7,17H2. The van der Waals surface area contributed by atoms with Gasteiger partial charge >= 0.3 is 0 Å². The lowest BCUT2D eigenvalue weighted by atomic mass is 9.91. The lowest BCUT2D eigenvalue weighted by molar-refractivity contribution is 0.411. The highest BCUT2D eigenvalue weighted by Gasteiger charge is 2.19. The summed E-state index contributed by atoms with van der Waals surface area (Å²) in [6.45, 7) is 0. The Bertz CT molecular complexity index is 571. The van der Waals surface area contributed by atoms with Crippen LogP contribution in [0, 0.1) is 0 Å². The molecular weight excluding hydrogens is 258 g/mol. The first-order valence-corrected chi connectivity index (χ1v) is 7.16. The molecule has 0 saturated heterocycles. The van der Waals surface area contributed by atoms with Gasteiger partial charge in [0.05, 0.1) is 5.02 Å². The predicted molar refractivity (Wildman–Crippen MR) is 80.6 cm³/mol. The first-order chi connectivity index (χ1) is 9.24. The molecule has 1 heterocycles. The number of pyridine rings is 1. The molecule has 0 aliphatic heterocycles. The van der Waals surface area contributed by atoms with Crippen molar-refractivity contribution in [2.45, 2.75) is 37.8 Å². The van der Waals surface area contributed by atoms with Crippen molar-refractivity contribution < 1.29 is 0 Å². The van der Waals surface area contributed by atoms with Crippen molar-refractivity contribution in [3.63, 3.8) is 0 Å². The summed E-state index contributed by atoms with van der Waals surface area (Å²) in [6, 6.07) is 7.03. The highest BCUT2D eigenvalue weighted by atomic mass is 35.5. The molecule has 1 aromatic carbocycles. The third-order valence-corrected chi connectivity index (χ3v) is 4.16. The van der Waals surface area contributed by atoms with E-state index in [4.69, 9.17) is 17.3 Å². The van der Waals surface area contributed by atoms with E-state index in [2.05, 4.69) is 16.4 Å². The smallest absolute Gasteiger partial charge is 0.0688 e. The second-order valence-electron chi connectivity index (χ2n) is 5.28. The minimum Gasteiger partial charge on any atom is -0.382 e. The molecule has 100 valence electrons. The van der Waals surface area contributed by atoms with Crippen molar-refractivity contribution in [3.8, 4) is 0 Å². The lowest BCUT2D eigenvalue weighted by Crippen LogP contribution is -2.32. The van der Waals surface area contributed by atoms with E-state index in [9.17, 15) is 0 Å². The van der Waals surface area contributed by atoms with Crippen LogP contribution in [0.5, 0.6) is 0 Å². The molecule has 3 nitrogen and oxygen atoms in total. The van der Waals surface area contributed by atoms with Crippen molar-refractivity contribution in [3.05, 3.63) is 35.6 Å². The Morgan fingerprint density at radius 1 is 1.16 bits per heavy atom. The van der Waals surface area contributed by atoms with Gasteiger partial charge in [0.15, 0.2) is 0 Å².